The van der Waals surface area contributed by atoms with Crippen LogP contribution in [0.3, 0.4) is 0 Å². The van der Waals surface area contributed by atoms with Crippen molar-refractivity contribution in [1.82, 2.24) is 5.32 Å². The SMILES string of the molecule is COc1ccc(CC2CCNCC2)cc1Br. The fourth-order valence-corrected chi connectivity index (χ4v) is 2.84. The molecule has 0 amide bonds. The first-order valence-corrected chi connectivity index (χ1v) is 6.62. The van der Waals surface area contributed by atoms with Crippen molar-refractivity contribution >= 4 is 15.9 Å². The summed E-state index contributed by atoms with van der Waals surface area (Å²) in [6.07, 6.45) is 3.78. The van der Waals surface area contributed by atoms with E-state index in [9.17, 15) is 0 Å². The number of hydrogen-bond donors (Lipinski definition) is 1. The molecule has 88 valence electrons. The molecule has 0 spiro atoms. The minimum absolute atomic E-state index is 0.835. The topological polar surface area (TPSA) is 21.3 Å². The van der Waals surface area contributed by atoms with Crippen molar-refractivity contribution < 1.29 is 4.74 Å². The fraction of sp³-hybridized carbons (Fsp3) is 0.538. The molecular weight excluding hydrogens is 266 g/mol. The average Bonchev–Trinajstić information content (AvgIpc) is 2.31. The second-order valence-electron chi connectivity index (χ2n) is 4.37. The van der Waals surface area contributed by atoms with E-state index in [4.69, 9.17) is 4.74 Å². The average molecular weight is 284 g/mol. The number of halogens is 1. The number of ether oxygens (including phenoxy) is 1. The predicted octanol–water partition coefficient (Wildman–Crippen LogP) is 3.00. The minimum Gasteiger partial charge on any atom is -0.496 e. The van der Waals surface area contributed by atoms with Crippen LogP contribution in [0.15, 0.2) is 22.7 Å². The Morgan fingerprint density at radius 3 is 2.75 bits per heavy atom. The van der Waals surface area contributed by atoms with Gasteiger partial charge < -0.3 is 10.1 Å². The zero-order valence-corrected chi connectivity index (χ0v) is 11.2. The zero-order chi connectivity index (χ0) is 11.4. The Morgan fingerprint density at radius 1 is 1.38 bits per heavy atom. The third-order valence-corrected chi connectivity index (χ3v) is 3.82. The summed E-state index contributed by atoms with van der Waals surface area (Å²) >= 11 is 3.53. The summed E-state index contributed by atoms with van der Waals surface area (Å²) in [5.41, 5.74) is 1.40. The molecule has 1 N–H and O–H groups in total. The van der Waals surface area contributed by atoms with Gasteiger partial charge in [-0.05, 0) is 71.9 Å². The lowest BCUT2D eigenvalue weighted by molar-refractivity contribution is 0.372. The van der Waals surface area contributed by atoms with Gasteiger partial charge >= 0.3 is 0 Å². The Kier molecular flexibility index (Phi) is 4.24. The quantitative estimate of drug-likeness (QED) is 0.921. The molecule has 0 radical (unpaired) electrons. The Bertz CT molecular complexity index is 348. The molecule has 2 rings (SSSR count). The summed E-state index contributed by atoms with van der Waals surface area (Å²) in [7, 11) is 1.70. The second-order valence-corrected chi connectivity index (χ2v) is 5.22. The molecule has 16 heavy (non-hydrogen) atoms. The molecule has 3 heteroatoms. The maximum atomic E-state index is 5.23. The third kappa shape index (κ3) is 2.98. The first-order chi connectivity index (χ1) is 7.79. The van der Waals surface area contributed by atoms with Crippen molar-refractivity contribution in [2.24, 2.45) is 5.92 Å². The first-order valence-electron chi connectivity index (χ1n) is 5.82. The van der Waals surface area contributed by atoms with E-state index in [0.717, 1.165) is 16.1 Å². The molecule has 1 aromatic carbocycles. The van der Waals surface area contributed by atoms with Gasteiger partial charge in [0.25, 0.3) is 0 Å². The van der Waals surface area contributed by atoms with E-state index in [1.807, 2.05) is 6.07 Å². The fourth-order valence-electron chi connectivity index (χ4n) is 2.26. The van der Waals surface area contributed by atoms with Crippen molar-refractivity contribution in [2.45, 2.75) is 19.3 Å². The van der Waals surface area contributed by atoms with Crippen LogP contribution < -0.4 is 10.1 Å². The van der Waals surface area contributed by atoms with Crippen LogP contribution in [0, 0.1) is 5.92 Å². The molecule has 0 aromatic heterocycles. The summed E-state index contributed by atoms with van der Waals surface area (Å²) in [5, 5.41) is 3.40. The second kappa shape index (κ2) is 5.69. The molecule has 1 aromatic rings. The number of nitrogens with one attached hydrogen (secondary N) is 1. The van der Waals surface area contributed by atoms with Gasteiger partial charge in [0.15, 0.2) is 0 Å². The third-order valence-electron chi connectivity index (χ3n) is 3.20. The molecule has 1 aliphatic rings. The van der Waals surface area contributed by atoms with E-state index in [1.165, 1.54) is 37.9 Å². The zero-order valence-electron chi connectivity index (χ0n) is 9.63. The Labute approximate surface area is 106 Å². The van der Waals surface area contributed by atoms with Gasteiger partial charge in [0.2, 0.25) is 0 Å². The van der Waals surface area contributed by atoms with Crippen molar-refractivity contribution in [1.29, 1.82) is 0 Å². The van der Waals surface area contributed by atoms with Crippen LogP contribution in [0.25, 0.3) is 0 Å². The van der Waals surface area contributed by atoms with Crippen molar-refractivity contribution in [2.75, 3.05) is 20.2 Å². The molecule has 0 atom stereocenters. The standard InChI is InChI=1S/C13H18BrNO/c1-16-13-3-2-11(9-12(13)14)8-10-4-6-15-7-5-10/h2-3,9-10,15H,4-8H2,1H3. The smallest absolute Gasteiger partial charge is 0.133 e. The molecule has 0 aliphatic carbocycles. The molecule has 0 saturated carbocycles. The monoisotopic (exact) mass is 283 g/mol. The van der Waals surface area contributed by atoms with Crippen LogP contribution in [0.5, 0.6) is 5.75 Å². The molecule has 1 heterocycles. The Balaban J connectivity index is 2.01. The number of piperidine rings is 1. The van der Waals surface area contributed by atoms with Gasteiger partial charge in [0.1, 0.15) is 5.75 Å². The van der Waals surface area contributed by atoms with E-state index in [-0.39, 0.29) is 0 Å². The Hall–Kier alpha value is -0.540. The van der Waals surface area contributed by atoms with E-state index in [1.54, 1.807) is 7.11 Å². The van der Waals surface area contributed by atoms with Crippen LogP contribution in [0.1, 0.15) is 18.4 Å². The lowest BCUT2D eigenvalue weighted by atomic mass is 9.91. The van der Waals surface area contributed by atoms with Crippen LogP contribution in [-0.2, 0) is 6.42 Å². The number of hydrogen-bond acceptors (Lipinski definition) is 2. The van der Waals surface area contributed by atoms with Gasteiger partial charge in [-0.3, -0.25) is 0 Å². The highest BCUT2D eigenvalue weighted by Gasteiger charge is 2.14. The van der Waals surface area contributed by atoms with E-state index >= 15 is 0 Å². The van der Waals surface area contributed by atoms with Gasteiger partial charge in [-0.2, -0.15) is 0 Å². The van der Waals surface area contributed by atoms with E-state index in [2.05, 4.69) is 33.4 Å². The normalized spacial score (nSPS) is 17.4. The molecule has 0 bridgehead atoms. The van der Waals surface area contributed by atoms with Gasteiger partial charge in [-0.15, -0.1) is 0 Å². The number of methoxy groups -OCH3 is 1. The van der Waals surface area contributed by atoms with Gasteiger partial charge in [-0.25, -0.2) is 0 Å². The lowest BCUT2D eigenvalue weighted by Gasteiger charge is -2.22. The summed E-state index contributed by atoms with van der Waals surface area (Å²) in [6.45, 7) is 2.34. The largest absolute Gasteiger partial charge is 0.496 e. The summed E-state index contributed by atoms with van der Waals surface area (Å²) in [6, 6.07) is 6.40. The van der Waals surface area contributed by atoms with Crippen LogP contribution in [0.4, 0.5) is 0 Å². The molecular formula is C13H18BrNO. The summed E-state index contributed by atoms with van der Waals surface area (Å²) in [4.78, 5) is 0. The van der Waals surface area contributed by atoms with Gasteiger partial charge in [-0.1, -0.05) is 6.07 Å². The minimum atomic E-state index is 0.835. The summed E-state index contributed by atoms with van der Waals surface area (Å²) in [5.74, 6) is 1.75. The van der Waals surface area contributed by atoms with Crippen molar-refractivity contribution in [3.8, 4) is 5.75 Å². The lowest BCUT2D eigenvalue weighted by Crippen LogP contribution is -2.28. The number of benzene rings is 1. The molecule has 1 saturated heterocycles. The highest BCUT2D eigenvalue weighted by Crippen LogP contribution is 2.27. The van der Waals surface area contributed by atoms with Crippen molar-refractivity contribution in [3.05, 3.63) is 28.2 Å². The van der Waals surface area contributed by atoms with Crippen LogP contribution in [0.2, 0.25) is 0 Å². The molecule has 2 nitrogen and oxygen atoms in total. The highest BCUT2D eigenvalue weighted by molar-refractivity contribution is 9.10. The molecule has 1 fully saturated rings. The van der Waals surface area contributed by atoms with E-state index in [0.29, 0.717) is 0 Å². The first kappa shape index (κ1) is 11.9. The molecule has 1 aliphatic heterocycles. The van der Waals surface area contributed by atoms with Gasteiger partial charge in [0.05, 0.1) is 11.6 Å². The summed E-state index contributed by atoms with van der Waals surface area (Å²) < 4.78 is 6.29. The van der Waals surface area contributed by atoms with Crippen LogP contribution >= 0.6 is 15.9 Å². The highest BCUT2D eigenvalue weighted by atomic mass is 79.9. The van der Waals surface area contributed by atoms with Crippen molar-refractivity contribution in [3.63, 3.8) is 0 Å². The maximum Gasteiger partial charge on any atom is 0.133 e. The predicted molar refractivity (Wildman–Crippen MR) is 70.0 cm³/mol. The molecule has 0 unspecified atom stereocenters. The number of rotatable bonds is 3. The Morgan fingerprint density at radius 2 is 2.12 bits per heavy atom. The van der Waals surface area contributed by atoms with Gasteiger partial charge in [0, 0.05) is 0 Å². The maximum absolute atomic E-state index is 5.23. The van der Waals surface area contributed by atoms with Crippen LogP contribution in [-0.4, -0.2) is 20.2 Å². The van der Waals surface area contributed by atoms with E-state index < -0.39 is 0 Å².